The lowest BCUT2D eigenvalue weighted by atomic mass is 9.68. The molecule has 3 unspecified atom stereocenters. The Hall–Kier alpha value is -1.51. The van der Waals surface area contributed by atoms with E-state index >= 15 is 0 Å². The largest absolute Gasteiger partial charge is 0.399 e. The van der Waals surface area contributed by atoms with Crippen LogP contribution in [0.2, 0.25) is 0 Å². The molecule has 2 aliphatic rings. The normalized spacial score (nSPS) is 35.0. The van der Waals surface area contributed by atoms with E-state index < -0.39 is 0 Å². The van der Waals surface area contributed by atoms with E-state index in [4.69, 9.17) is 5.73 Å². The number of imidazole rings is 1. The number of fused-ring (bicyclic) bond motifs is 3. The van der Waals surface area contributed by atoms with Crippen LogP contribution in [-0.4, -0.2) is 9.55 Å². The van der Waals surface area contributed by atoms with Crippen molar-refractivity contribution >= 4 is 16.7 Å². The molecular formula is C17H23N3. The third-order valence-corrected chi connectivity index (χ3v) is 6.07. The van der Waals surface area contributed by atoms with Crippen molar-refractivity contribution < 1.29 is 0 Å². The predicted molar refractivity (Wildman–Crippen MR) is 82.4 cm³/mol. The zero-order valence-corrected chi connectivity index (χ0v) is 12.6. The Kier molecular flexibility index (Phi) is 2.19. The number of anilines is 1. The first kappa shape index (κ1) is 12.2. The number of benzene rings is 1. The van der Waals surface area contributed by atoms with E-state index in [0.717, 1.165) is 17.1 Å². The molecule has 0 saturated heterocycles. The maximum Gasteiger partial charge on any atom is 0.0961 e. The minimum atomic E-state index is 0.349. The van der Waals surface area contributed by atoms with E-state index in [0.29, 0.717) is 16.9 Å². The third kappa shape index (κ3) is 1.38. The molecule has 3 atom stereocenters. The van der Waals surface area contributed by atoms with Crippen LogP contribution in [0.15, 0.2) is 24.5 Å². The number of nitrogen functional groups attached to an aromatic ring is 1. The van der Waals surface area contributed by atoms with E-state index in [1.54, 1.807) is 0 Å². The number of hydrogen-bond acceptors (Lipinski definition) is 2. The van der Waals surface area contributed by atoms with Crippen LogP contribution in [0.5, 0.6) is 0 Å². The number of nitrogens with two attached hydrogens (primary N) is 1. The molecule has 2 N–H and O–H groups in total. The van der Waals surface area contributed by atoms with Crippen LogP contribution >= 0.6 is 0 Å². The Labute approximate surface area is 120 Å². The molecule has 1 aromatic heterocycles. The number of nitrogens with zero attached hydrogens (tertiary/aromatic N) is 2. The highest BCUT2D eigenvalue weighted by atomic mass is 15.1. The SMILES string of the molecule is CC12CCC(C1)C(C)(C)C2n1cnc2cc(N)ccc21. The van der Waals surface area contributed by atoms with Crippen LogP contribution in [-0.2, 0) is 0 Å². The highest BCUT2D eigenvalue weighted by Gasteiger charge is 2.60. The van der Waals surface area contributed by atoms with Crippen LogP contribution < -0.4 is 5.73 Å². The van der Waals surface area contributed by atoms with Gasteiger partial charge in [0.25, 0.3) is 0 Å². The Bertz CT molecular complexity index is 680. The van der Waals surface area contributed by atoms with Crippen molar-refractivity contribution in [1.29, 1.82) is 0 Å². The van der Waals surface area contributed by atoms with Gasteiger partial charge in [0, 0.05) is 11.7 Å². The molecule has 0 spiro atoms. The highest BCUT2D eigenvalue weighted by Crippen LogP contribution is 2.68. The summed E-state index contributed by atoms with van der Waals surface area (Å²) in [4.78, 5) is 4.59. The van der Waals surface area contributed by atoms with Gasteiger partial charge in [-0.15, -0.1) is 0 Å². The summed E-state index contributed by atoms with van der Waals surface area (Å²) in [6.07, 6.45) is 6.13. The molecule has 4 rings (SSSR count). The first-order valence-corrected chi connectivity index (χ1v) is 7.64. The smallest absolute Gasteiger partial charge is 0.0961 e. The summed E-state index contributed by atoms with van der Waals surface area (Å²) in [6, 6.07) is 6.64. The molecule has 106 valence electrons. The van der Waals surface area contributed by atoms with Crippen molar-refractivity contribution in [2.45, 2.75) is 46.1 Å². The van der Waals surface area contributed by atoms with Crippen molar-refractivity contribution in [1.82, 2.24) is 9.55 Å². The van der Waals surface area contributed by atoms with Crippen LogP contribution in [0.4, 0.5) is 5.69 Å². The lowest BCUT2D eigenvalue weighted by Crippen LogP contribution is -2.37. The maximum atomic E-state index is 5.88. The van der Waals surface area contributed by atoms with Crippen molar-refractivity contribution in [2.75, 3.05) is 5.73 Å². The van der Waals surface area contributed by atoms with E-state index in [-0.39, 0.29) is 0 Å². The molecule has 2 bridgehead atoms. The monoisotopic (exact) mass is 269 g/mol. The van der Waals surface area contributed by atoms with Crippen molar-refractivity contribution in [3.63, 3.8) is 0 Å². The van der Waals surface area contributed by atoms with Crippen molar-refractivity contribution in [2.24, 2.45) is 16.7 Å². The lowest BCUT2D eigenvalue weighted by molar-refractivity contribution is 0.0865. The van der Waals surface area contributed by atoms with E-state index in [1.807, 2.05) is 18.5 Å². The lowest BCUT2D eigenvalue weighted by Gasteiger charge is -2.43. The fourth-order valence-electron chi connectivity index (χ4n) is 5.22. The molecule has 2 fully saturated rings. The average molecular weight is 269 g/mol. The topological polar surface area (TPSA) is 43.8 Å². The quantitative estimate of drug-likeness (QED) is 0.795. The number of rotatable bonds is 1. The molecule has 2 aliphatic carbocycles. The summed E-state index contributed by atoms with van der Waals surface area (Å²) in [7, 11) is 0. The van der Waals surface area contributed by atoms with Gasteiger partial charge in [0.05, 0.1) is 17.4 Å². The fraction of sp³-hybridized carbons (Fsp3) is 0.588. The molecule has 2 aromatic rings. The average Bonchev–Trinajstić information content (AvgIpc) is 2.98. The summed E-state index contributed by atoms with van der Waals surface area (Å²) in [6.45, 7) is 7.35. The molecule has 20 heavy (non-hydrogen) atoms. The minimum absolute atomic E-state index is 0.349. The Morgan fingerprint density at radius 1 is 1.30 bits per heavy atom. The summed E-state index contributed by atoms with van der Waals surface area (Å²) in [5.74, 6) is 0.851. The molecule has 3 nitrogen and oxygen atoms in total. The second-order valence-corrected chi connectivity index (χ2v) is 7.72. The second kappa shape index (κ2) is 3.57. The molecule has 1 heterocycles. The predicted octanol–water partition coefficient (Wildman–Crippen LogP) is 4.01. The molecule has 1 aromatic carbocycles. The number of aromatic nitrogens is 2. The number of hydrogen-bond donors (Lipinski definition) is 1. The summed E-state index contributed by atoms with van der Waals surface area (Å²) in [5, 5.41) is 0. The van der Waals surface area contributed by atoms with Gasteiger partial charge in [-0.25, -0.2) is 4.98 Å². The highest BCUT2D eigenvalue weighted by molar-refractivity contribution is 5.79. The van der Waals surface area contributed by atoms with E-state index in [9.17, 15) is 0 Å². The van der Waals surface area contributed by atoms with Crippen LogP contribution in [0.3, 0.4) is 0 Å². The summed E-state index contributed by atoms with van der Waals surface area (Å²) in [5.41, 5.74) is 9.69. The first-order valence-electron chi connectivity index (χ1n) is 7.64. The van der Waals surface area contributed by atoms with E-state index in [1.165, 1.54) is 24.8 Å². The summed E-state index contributed by atoms with van der Waals surface area (Å²) < 4.78 is 2.42. The molecule has 0 amide bonds. The Morgan fingerprint density at radius 2 is 2.10 bits per heavy atom. The molecular weight excluding hydrogens is 246 g/mol. The van der Waals surface area contributed by atoms with Gasteiger partial charge in [0.1, 0.15) is 0 Å². The van der Waals surface area contributed by atoms with Crippen molar-refractivity contribution in [3.05, 3.63) is 24.5 Å². The zero-order valence-electron chi connectivity index (χ0n) is 12.6. The minimum Gasteiger partial charge on any atom is -0.399 e. The van der Waals surface area contributed by atoms with Gasteiger partial charge in [0.15, 0.2) is 0 Å². The van der Waals surface area contributed by atoms with Gasteiger partial charge in [-0.2, -0.15) is 0 Å². The van der Waals surface area contributed by atoms with Gasteiger partial charge in [-0.1, -0.05) is 20.8 Å². The first-order chi connectivity index (χ1) is 9.42. The van der Waals surface area contributed by atoms with Gasteiger partial charge in [-0.05, 0) is 54.2 Å². The van der Waals surface area contributed by atoms with Gasteiger partial charge >= 0.3 is 0 Å². The maximum absolute atomic E-state index is 5.88. The second-order valence-electron chi connectivity index (χ2n) is 7.72. The Morgan fingerprint density at radius 3 is 2.80 bits per heavy atom. The molecule has 0 aliphatic heterocycles. The van der Waals surface area contributed by atoms with Crippen LogP contribution in [0, 0.1) is 16.7 Å². The zero-order chi connectivity index (χ0) is 14.1. The molecule has 3 heteroatoms. The van der Waals surface area contributed by atoms with Gasteiger partial charge in [-0.3, -0.25) is 0 Å². The van der Waals surface area contributed by atoms with Crippen LogP contribution in [0.25, 0.3) is 11.0 Å². The van der Waals surface area contributed by atoms with Crippen LogP contribution in [0.1, 0.15) is 46.1 Å². The Balaban J connectivity index is 1.91. The van der Waals surface area contributed by atoms with Gasteiger partial charge < -0.3 is 10.3 Å². The molecule has 0 radical (unpaired) electrons. The van der Waals surface area contributed by atoms with Crippen molar-refractivity contribution in [3.8, 4) is 0 Å². The third-order valence-electron chi connectivity index (χ3n) is 6.07. The summed E-state index contributed by atoms with van der Waals surface area (Å²) >= 11 is 0. The van der Waals surface area contributed by atoms with Gasteiger partial charge in [0.2, 0.25) is 0 Å². The standard InChI is InChI=1S/C17H23N3/c1-16(2)11-6-7-17(3,9-11)15(16)20-10-19-13-8-12(18)4-5-14(13)20/h4-5,8,10-11,15H,6-7,9,18H2,1-3H3. The van der Waals surface area contributed by atoms with E-state index in [2.05, 4.69) is 36.4 Å². The molecule has 2 saturated carbocycles. The fourth-order valence-corrected chi connectivity index (χ4v) is 5.22.